The van der Waals surface area contributed by atoms with Gasteiger partial charge < -0.3 is 9.47 Å². The number of nitriles is 2. The molecule has 0 aliphatic carbocycles. The molecule has 0 radical (unpaired) electrons. The molecule has 0 fully saturated rings. The van der Waals surface area contributed by atoms with Gasteiger partial charge in [0.15, 0.2) is 11.5 Å². The van der Waals surface area contributed by atoms with E-state index in [0.29, 0.717) is 30.4 Å². The fourth-order valence-corrected chi connectivity index (χ4v) is 1.31. The molecule has 2 rings (SSSR count). The average molecular weight is 228 g/mol. The molecule has 0 saturated carbocycles. The second-order valence-electron chi connectivity index (χ2n) is 3.15. The van der Waals surface area contributed by atoms with Crippen molar-refractivity contribution in [3.8, 4) is 23.6 Å². The van der Waals surface area contributed by atoms with Gasteiger partial charge in [-0.25, -0.2) is 0 Å². The van der Waals surface area contributed by atoms with Crippen LogP contribution in [-0.2, 0) is 0 Å². The Balaban J connectivity index is 2.16. The van der Waals surface area contributed by atoms with Crippen LogP contribution in [0.3, 0.4) is 0 Å². The minimum absolute atomic E-state index is 0.236. The van der Waals surface area contributed by atoms with Gasteiger partial charge in [0.25, 0.3) is 0 Å². The SMILES string of the molecule is N#CC(C#N)=NNc1ccc2c(c1)OCCO2. The van der Waals surface area contributed by atoms with Crippen molar-refractivity contribution in [3.63, 3.8) is 0 Å². The first-order chi connectivity index (χ1) is 8.33. The molecule has 0 amide bonds. The Hall–Kier alpha value is -2.73. The van der Waals surface area contributed by atoms with Crippen molar-refractivity contribution in [1.29, 1.82) is 10.5 Å². The third-order valence-corrected chi connectivity index (χ3v) is 2.05. The average Bonchev–Trinajstić information content (AvgIpc) is 2.40. The largest absolute Gasteiger partial charge is 0.486 e. The molecule has 0 saturated heterocycles. The number of benzene rings is 1. The van der Waals surface area contributed by atoms with E-state index in [1.807, 2.05) is 0 Å². The first kappa shape index (κ1) is 10.8. The van der Waals surface area contributed by atoms with E-state index in [2.05, 4.69) is 10.5 Å². The molecule has 1 N–H and O–H groups in total. The number of rotatable bonds is 2. The highest BCUT2D eigenvalue weighted by Crippen LogP contribution is 2.32. The van der Waals surface area contributed by atoms with Crippen LogP contribution < -0.4 is 14.9 Å². The zero-order valence-electron chi connectivity index (χ0n) is 8.80. The van der Waals surface area contributed by atoms with Gasteiger partial charge >= 0.3 is 0 Å². The summed E-state index contributed by atoms with van der Waals surface area (Å²) >= 11 is 0. The van der Waals surface area contributed by atoms with Crippen LogP contribution in [0.4, 0.5) is 5.69 Å². The molecule has 0 atom stereocenters. The molecule has 1 aromatic carbocycles. The lowest BCUT2D eigenvalue weighted by atomic mass is 10.2. The van der Waals surface area contributed by atoms with Gasteiger partial charge in [-0.1, -0.05) is 0 Å². The lowest BCUT2D eigenvalue weighted by Crippen LogP contribution is -2.15. The van der Waals surface area contributed by atoms with Crippen LogP contribution in [0.1, 0.15) is 0 Å². The number of nitrogens with one attached hydrogen (secondary N) is 1. The highest BCUT2D eigenvalue weighted by Gasteiger charge is 2.11. The van der Waals surface area contributed by atoms with Crippen molar-refractivity contribution in [1.82, 2.24) is 0 Å². The first-order valence-electron chi connectivity index (χ1n) is 4.87. The summed E-state index contributed by atoms with van der Waals surface area (Å²) < 4.78 is 10.7. The summed E-state index contributed by atoms with van der Waals surface area (Å²) in [5.74, 6) is 1.29. The molecule has 6 heteroatoms. The molecule has 0 spiro atoms. The maximum atomic E-state index is 8.51. The Kier molecular flexibility index (Phi) is 3.08. The number of hydrazone groups is 1. The van der Waals surface area contributed by atoms with Gasteiger partial charge in [0.05, 0.1) is 5.69 Å². The van der Waals surface area contributed by atoms with E-state index in [0.717, 1.165) is 0 Å². The Labute approximate surface area is 97.7 Å². The number of anilines is 1. The number of hydrogen-bond acceptors (Lipinski definition) is 6. The molecule has 6 nitrogen and oxygen atoms in total. The monoisotopic (exact) mass is 228 g/mol. The molecule has 1 aliphatic rings. The van der Waals surface area contributed by atoms with Crippen LogP contribution in [0.2, 0.25) is 0 Å². The molecule has 0 unspecified atom stereocenters. The van der Waals surface area contributed by atoms with Gasteiger partial charge in [-0.05, 0) is 12.1 Å². The van der Waals surface area contributed by atoms with Crippen LogP contribution in [0.15, 0.2) is 23.3 Å². The second-order valence-corrected chi connectivity index (χ2v) is 3.15. The summed E-state index contributed by atoms with van der Waals surface area (Å²) in [6.45, 7) is 1.03. The molecule has 1 heterocycles. The molecule has 0 bridgehead atoms. The zero-order valence-corrected chi connectivity index (χ0v) is 8.80. The third kappa shape index (κ3) is 2.44. The third-order valence-electron chi connectivity index (χ3n) is 2.05. The molecule has 1 aliphatic heterocycles. The van der Waals surface area contributed by atoms with Crippen LogP contribution >= 0.6 is 0 Å². The summed E-state index contributed by atoms with van der Waals surface area (Å²) in [6, 6.07) is 8.47. The minimum Gasteiger partial charge on any atom is -0.486 e. The Morgan fingerprint density at radius 3 is 2.59 bits per heavy atom. The van der Waals surface area contributed by atoms with Crippen molar-refractivity contribution in [3.05, 3.63) is 18.2 Å². The van der Waals surface area contributed by atoms with E-state index in [1.54, 1.807) is 30.3 Å². The molecule has 17 heavy (non-hydrogen) atoms. The lowest BCUT2D eigenvalue weighted by Gasteiger charge is -2.18. The molecule has 84 valence electrons. The molecular weight excluding hydrogens is 220 g/mol. The van der Waals surface area contributed by atoms with Crippen LogP contribution in [0.5, 0.6) is 11.5 Å². The standard InChI is InChI=1S/C11H8N4O2/c12-6-9(7-13)15-14-8-1-2-10-11(5-8)17-4-3-16-10/h1-2,5,14H,3-4H2. The summed E-state index contributed by atoms with van der Waals surface area (Å²) in [5, 5.41) is 20.6. The van der Waals surface area contributed by atoms with Gasteiger partial charge in [-0.2, -0.15) is 15.6 Å². The van der Waals surface area contributed by atoms with Crippen LogP contribution in [0, 0.1) is 22.7 Å². The Morgan fingerprint density at radius 1 is 1.18 bits per heavy atom. The van der Waals surface area contributed by atoms with E-state index in [-0.39, 0.29) is 5.71 Å². The molecular formula is C11H8N4O2. The first-order valence-corrected chi connectivity index (χ1v) is 4.87. The number of nitrogens with zero attached hydrogens (tertiary/aromatic N) is 3. The summed E-state index contributed by atoms with van der Waals surface area (Å²) in [7, 11) is 0. The topological polar surface area (TPSA) is 90.4 Å². The Bertz CT molecular complexity index is 523. The summed E-state index contributed by atoms with van der Waals surface area (Å²) in [4.78, 5) is 0. The summed E-state index contributed by atoms with van der Waals surface area (Å²) in [6.07, 6.45) is 0. The van der Waals surface area contributed by atoms with E-state index in [4.69, 9.17) is 20.0 Å². The highest BCUT2D eigenvalue weighted by molar-refractivity contribution is 6.10. The van der Waals surface area contributed by atoms with Crippen molar-refractivity contribution in [2.24, 2.45) is 5.10 Å². The fraction of sp³-hybridized carbons (Fsp3) is 0.182. The van der Waals surface area contributed by atoms with Gasteiger partial charge in [-0.3, -0.25) is 5.43 Å². The van der Waals surface area contributed by atoms with E-state index in [1.165, 1.54) is 0 Å². The van der Waals surface area contributed by atoms with E-state index < -0.39 is 0 Å². The predicted molar refractivity (Wildman–Crippen MR) is 59.7 cm³/mol. The second kappa shape index (κ2) is 4.86. The normalized spacial score (nSPS) is 11.9. The van der Waals surface area contributed by atoms with Crippen molar-refractivity contribution in [2.75, 3.05) is 18.6 Å². The number of hydrogen-bond donors (Lipinski definition) is 1. The van der Waals surface area contributed by atoms with Crippen molar-refractivity contribution >= 4 is 11.4 Å². The highest BCUT2D eigenvalue weighted by atomic mass is 16.6. The van der Waals surface area contributed by atoms with E-state index in [9.17, 15) is 0 Å². The molecule has 0 aromatic heterocycles. The van der Waals surface area contributed by atoms with Crippen LogP contribution in [-0.4, -0.2) is 18.9 Å². The number of fused-ring (bicyclic) bond motifs is 1. The predicted octanol–water partition coefficient (Wildman–Crippen LogP) is 1.27. The Morgan fingerprint density at radius 2 is 1.88 bits per heavy atom. The maximum absolute atomic E-state index is 8.51. The van der Waals surface area contributed by atoms with Gasteiger partial charge in [0, 0.05) is 6.07 Å². The summed E-state index contributed by atoms with van der Waals surface area (Å²) in [5.41, 5.74) is 2.99. The smallest absolute Gasteiger partial charge is 0.237 e. The van der Waals surface area contributed by atoms with Crippen LogP contribution in [0.25, 0.3) is 0 Å². The number of ether oxygens (including phenoxy) is 2. The molecule has 1 aromatic rings. The van der Waals surface area contributed by atoms with Crippen molar-refractivity contribution < 1.29 is 9.47 Å². The van der Waals surface area contributed by atoms with Gasteiger partial charge in [-0.15, -0.1) is 0 Å². The maximum Gasteiger partial charge on any atom is 0.237 e. The van der Waals surface area contributed by atoms with Gasteiger partial charge in [0.2, 0.25) is 5.71 Å². The van der Waals surface area contributed by atoms with E-state index >= 15 is 0 Å². The quantitative estimate of drug-likeness (QED) is 0.608. The minimum atomic E-state index is -0.236. The lowest BCUT2D eigenvalue weighted by molar-refractivity contribution is 0.171. The van der Waals surface area contributed by atoms with Crippen molar-refractivity contribution in [2.45, 2.75) is 0 Å². The van der Waals surface area contributed by atoms with Gasteiger partial charge in [0.1, 0.15) is 25.4 Å². The zero-order chi connectivity index (χ0) is 12.1. The fourth-order valence-electron chi connectivity index (χ4n) is 1.31.